The Morgan fingerprint density at radius 2 is 1.52 bits per heavy atom. The van der Waals surface area contributed by atoms with Gasteiger partial charge in [-0.3, -0.25) is 9.63 Å². The molecule has 0 saturated carbocycles. The van der Waals surface area contributed by atoms with Crippen molar-refractivity contribution < 1.29 is 39.8 Å². The minimum atomic E-state index is -0.924. The third kappa shape index (κ3) is 5.86. The number of hydroxylamine groups is 2. The van der Waals surface area contributed by atoms with Crippen molar-refractivity contribution in [2.24, 2.45) is 0 Å². The van der Waals surface area contributed by atoms with E-state index in [0.29, 0.717) is 5.56 Å². The van der Waals surface area contributed by atoms with Gasteiger partial charge in [0.2, 0.25) is 0 Å². The van der Waals surface area contributed by atoms with Crippen molar-refractivity contribution in [1.29, 1.82) is 0 Å². The van der Waals surface area contributed by atoms with Crippen molar-refractivity contribution >= 4 is 11.9 Å². The largest absolute Gasteiger partial charge is 1.00 e. The number of aryl methyl sites for hydroxylation is 2. The summed E-state index contributed by atoms with van der Waals surface area (Å²) in [6.45, 7) is 1.97. The Morgan fingerprint density at radius 3 is 2.06 bits per heavy atom. The van der Waals surface area contributed by atoms with Crippen LogP contribution in [-0.2, 0) is 17.7 Å². The first-order chi connectivity index (χ1) is 14.4. The van der Waals surface area contributed by atoms with E-state index in [2.05, 4.69) is 18.2 Å². The Labute approximate surface area is 196 Å². The summed E-state index contributed by atoms with van der Waals surface area (Å²) in [6.07, 6.45) is 1.69. The van der Waals surface area contributed by atoms with Gasteiger partial charge in [-0.1, -0.05) is 48.5 Å². The molecule has 0 bridgehead atoms. The molecule has 6 heteroatoms. The predicted molar refractivity (Wildman–Crippen MR) is 118 cm³/mol. The molecule has 0 aliphatic carbocycles. The van der Waals surface area contributed by atoms with Crippen molar-refractivity contribution in [3.05, 3.63) is 94.5 Å². The van der Waals surface area contributed by atoms with Gasteiger partial charge in [0.25, 0.3) is 5.91 Å². The fourth-order valence-corrected chi connectivity index (χ4v) is 3.39. The van der Waals surface area contributed by atoms with E-state index in [4.69, 9.17) is 9.94 Å². The molecule has 0 fully saturated rings. The van der Waals surface area contributed by atoms with Crippen LogP contribution in [0, 0.1) is 6.92 Å². The summed E-state index contributed by atoms with van der Waals surface area (Å²) in [5, 5.41) is 10.2. The number of carboxylic acid groups (broad SMARTS) is 1. The summed E-state index contributed by atoms with van der Waals surface area (Å²) in [6, 6.07) is 20.9. The van der Waals surface area contributed by atoms with E-state index < -0.39 is 5.97 Å². The molecule has 0 aliphatic heterocycles. The smallest absolute Gasteiger partial charge is 1.00 e. The third-order valence-electron chi connectivity index (χ3n) is 5.34. The summed E-state index contributed by atoms with van der Waals surface area (Å²) in [4.78, 5) is 28.4. The zero-order chi connectivity index (χ0) is 21.7. The number of benzene rings is 3. The number of carbonyl (C=O) groups is 2. The minimum Gasteiger partial charge on any atom is -1.00 e. The summed E-state index contributed by atoms with van der Waals surface area (Å²) >= 11 is 0. The first kappa shape index (κ1) is 24.4. The number of nitrogens with zero attached hydrogens (tertiary/aromatic N) is 1. The molecule has 5 nitrogen and oxygen atoms in total. The van der Waals surface area contributed by atoms with Gasteiger partial charge in [-0.15, -0.1) is 0 Å². The van der Waals surface area contributed by atoms with Crippen molar-refractivity contribution in [3.8, 4) is 11.1 Å². The van der Waals surface area contributed by atoms with Gasteiger partial charge in [0.05, 0.1) is 12.7 Å². The average molecular weight is 411 g/mol. The van der Waals surface area contributed by atoms with Gasteiger partial charge in [0.15, 0.2) is 0 Å². The zero-order valence-electron chi connectivity index (χ0n) is 19.4. The van der Waals surface area contributed by atoms with Crippen molar-refractivity contribution in [2.75, 3.05) is 14.2 Å². The molecule has 3 rings (SSSR count). The number of hydrogen-bond donors (Lipinski definition) is 1. The minimum absolute atomic E-state index is 0. The molecule has 0 saturated heterocycles. The molecule has 156 valence electrons. The summed E-state index contributed by atoms with van der Waals surface area (Å²) in [7, 11) is 3.08. The Hall–Kier alpha value is -2.84. The summed E-state index contributed by atoms with van der Waals surface area (Å²) < 4.78 is 0. The van der Waals surface area contributed by atoms with Gasteiger partial charge in [-0.2, -0.15) is 0 Å². The standard InChI is InChI=1S/C25H25NO4.Li.H/c1-17-19(5-4-6-23(17)24(27)26(2)30-3)10-7-18-8-11-20(12-9-18)21-13-15-22(16-14-21)25(28)29;;/h4-6,8-9,11-16H,7,10H2,1-3H3,(H,28,29);;/q;+1;-1. The Balaban J connectivity index is 0.00000256. The molecule has 3 aromatic rings. The van der Waals surface area contributed by atoms with E-state index >= 15 is 0 Å². The fourth-order valence-electron chi connectivity index (χ4n) is 3.39. The van der Waals surface area contributed by atoms with Crippen molar-refractivity contribution in [2.45, 2.75) is 19.8 Å². The second-order valence-corrected chi connectivity index (χ2v) is 7.15. The molecule has 31 heavy (non-hydrogen) atoms. The Morgan fingerprint density at radius 1 is 0.935 bits per heavy atom. The van der Waals surface area contributed by atoms with Crippen LogP contribution in [0.3, 0.4) is 0 Å². The summed E-state index contributed by atoms with van der Waals surface area (Å²) in [5.41, 5.74) is 6.27. The first-order valence-electron chi connectivity index (χ1n) is 9.74. The van der Waals surface area contributed by atoms with Gasteiger partial charge in [0, 0.05) is 12.6 Å². The van der Waals surface area contributed by atoms with Gasteiger partial charge < -0.3 is 6.53 Å². The van der Waals surface area contributed by atoms with E-state index in [1.165, 1.54) is 17.7 Å². The number of aromatic carboxylic acids is 1. The molecule has 1 amide bonds. The second kappa shape index (κ2) is 11.0. The van der Waals surface area contributed by atoms with Crippen LogP contribution >= 0.6 is 0 Å². The van der Waals surface area contributed by atoms with Crippen LogP contribution in [0.15, 0.2) is 66.7 Å². The maximum atomic E-state index is 12.4. The van der Waals surface area contributed by atoms with E-state index in [1.807, 2.05) is 43.3 Å². The van der Waals surface area contributed by atoms with Crippen LogP contribution in [-0.4, -0.2) is 36.2 Å². The Kier molecular flexibility index (Phi) is 8.64. The van der Waals surface area contributed by atoms with Crippen LogP contribution in [0.4, 0.5) is 0 Å². The predicted octanol–water partition coefficient (Wildman–Crippen LogP) is 1.90. The fraction of sp³-hybridized carbons (Fsp3) is 0.200. The molecular formula is C25H26LiNO4. The number of amides is 1. The van der Waals surface area contributed by atoms with E-state index in [9.17, 15) is 9.59 Å². The van der Waals surface area contributed by atoms with Crippen LogP contribution in [0.5, 0.6) is 0 Å². The molecule has 0 heterocycles. The zero-order valence-corrected chi connectivity index (χ0v) is 18.4. The number of carboxylic acids is 1. The van der Waals surface area contributed by atoms with Gasteiger partial charge in [0.1, 0.15) is 0 Å². The van der Waals surface area contributed by atoms with Gasteiger partial charge in [-0.25, -0.2) is 9.86 Å². The second-order valence-electron chi connectivity index (χ2n) is 7.15. The average Bonchev–Trinajstić information content (AvgIpc) is 2.78. The number of rotatable bonds is 7. The summed E-state index contributed by atoms with van der Waals surface area (Å²) in [5.74, 6) is -1.08. The van der Waals surface area contributed by atoms with Crippen LogP contribution < -0.4 is 18.9 Å². The van der Waals surface area contributed by atoms with Crippen LogP contribution in [0.2, 0.25) is 0 Å². The molecule has 0 atom stereocenters. The molecule has 0 radical (unpaired) electrons. The molecule has 0 spiro atoms. The SMILES string of the molecule is CON(C)C(=O)c1cccc(CCc2ccc(-c3ccc(C(=O)O)cc3)cc2)c1C.[H-].[Li+]. The third-order valence-corrected chi connectivity index (χ3v) is 5.34. The number of hydrogen-bond acceptors (Lipinski definition) is 3. The normalized spacial score (nSPS) is 10.3. The Bertz CT molecular complexity index is 1050. The van der Waals surface area contributed by atoms with Gasteiger partial charge >= 0.3 is 24.8 Å². The van der Waals surface area contributed by atoms with Gasteiger partial charge in [-0.05, 0) is 65.8 Å². The quantitative estimate of drug-likeness (QED) is 0.476. The van der Waals surface area contributed by atoms with E-state index in [0.717, 1.165) is 35.1 Å². The molecule has 0 unspecified atom stereocenters. The van der Waals surface area contributed by atoms with E-state index in [-0.39, 0.29) is 31.8 Å². The van der Waals surface area contributed by atoms with E-state index in [1.54, 1.807) is 19.2 Å². The van der Waals surface area contributed by atoms with Crippen LogP contribution in [0.25, 0.3) is 11.1 Å². The van der Waals surface area contributed by atoms with Crippen LogP contribution in [0.1, 0.15) is 38.8 Å². The molecular weight excluding hydrogens is 385 g/mol. The van der Waals surface area contributed by atoms with Crippen molar-refractivity contribution in [3.63, 3.8) is 0 Å². The molecule has 0 aliphatic rings. The topological polar surface area (TPSA) is 66.8 Å². The maximum absolute atomic E-state index is 12.4. The maximum Gasteiger partial charge on any atom is 1.00 e. The first-order valence-corrected chi connectivity index (χ1v) is 9.74. The van der Waals surface area contributed by atoms with Crippen molar-refractivity contribution in [1.82, 2.24) is 5.06 Å². The molecule has 0 aromatic heterocycles. The number of carbonyl (C=O) groups excluding carboxylic acids is 1. The monoisotopic (exact) mass is 411 g/mol. The molecule has 3 aromatic carbocycles. The molecule has 1 N–H and O–H groups in total.